The minimum atomic E-state index is -1.10. The van der Waals surface area contributed by atoms with E-state index in [-0.39, 0.29) is 18.1 Å². The van der Waals surface area contributed by atoms with E-state index >= 15 is 0 Å². The molecule has 2 aromatic rings. The van der Waals surface area contributed by atoms with Crippen LogP contribution in [-0.4, -0.2) is 50.3 Å². The number of imidazole rings is 1. The summed E-state index contributed by atoms with van der Waals surface area (Å²) in [6, 6.07) is 4.69. The van der Waals surface area contributed by atoms with Gasteiger partial charge >= 0.3 is 5.97 Å². The van der Waals surface area contributed by atoms with Gasteiger partial charge in [-0.1, -0.05) is 12.1 Å². The molecular formula is C17H20N4O4. The molecular weight excluding hydrogens is 324 g/mol. The van der Waals surface area contributed by atoms with Crippen molar-refractivity contribution in [3.05, 3.63) is 48.0 Å². The molecule has 1 aliphatic rings. The van der Waals surface area contributed by atoms with E-state index in [4.69, 9.17) is 0 Å². The number of hydrogen-bond donors (Lipinski definition) is 4. The summed E-state index contributed by atoms with van der Waals surface area (Å²) in [5.74, 6) is -1.35. The third-order valence-corrected chi connectivity index (χ3v) is 4.17. The molecule has 132 valence electrons. The maximum atomic E-state index is 12.5. The number of rotatable bonds is 5. The van der Waals surface area contributed by atoms with Gasteiger partial charge in [0.1, 0.15) is 11.8 Å². The van der Waals surface area contributed by atoms with Crippen molar-refractivity contribution in [3.63, 3.8) is 0 Å². The molecule has 1 aromatic heterocycles. The lowest BCUT2D eigenvalue weighted by Crippen LogP contribution is -2.52. The number of nitrogens with zero attached hydrogens (tertiary/aromatic N) is 2. The van der Waals surface area contributed by atoms with E-state index in [1.807, 2.05) is 10.8 Å². The van der Waals surface area contributed by atoms with Gasteiger partial charge in [0.05, 0.1) is 18.1 Å². The van der Waals surface area contributed by atoms with Crippen LogP contribution in [0.4, 0.5) is 0 Å². The molecule has 0 aliphatic carbocycles. The van der Waals surface area contributed by atoms with Gasteiger partial charge in [0.25, 0.3) is 0 Å². The maximum Gasteiger partial charge on any atom is 0.326 e. The zero-order chi connectivity index (χ0) is 17.8. The zero-order valence-corrected chi connectivity index (χ0v) is 13.6. The number of hydrogen-bond acceptors (Lipinski definition) is 5. The van der Waals surface area contributed by atoms with Crippen LogP contribution in [0, 0.1) is 0 Å². The Labute approximate surface area is 144 Å². The highest BCUT2D eigenvalue weighted by Crippen LogP contribution is 2.12. The molecule has 2 heterocycles. The van der Waals surface area contributed by atoms with Crippen molar-refractivity contribution < 1.29 is 19.8 Å². The number of phenolic OH excluding ortho intramolecular Hbond substituents is 1. The summed E-state index contributed by atoms with van der Waals surface area (Å²) in [6.07, 6.45) is 4.17. The molecule has 8 heteroatoms. The Morgan fingerprint density at radius 3 is 2.84 bits per heavy atom. The van der Waals surface area contributed by atoms with Gasteiger partial charge in [-0.05, 0) is 17.7 Å². The molecule has 25 heavy (non-hydrogen) atoms. The van der Waals surface area contributed by atoms with E-state index in [1.165, 1.54) is 12.1 Å². The summed E-state index contributed by atoms with van der Waals surface area (Å²) in [6.45, 7) is 1.30. The molecule has 2 atom stereocenters. The van der Waals surface area contributed by atoms with E-state index in [0.29, 0.717) is 19.5 Å². The second-order valence-electron chi connectivity index (χ2n) is 6.08. The van der Waals surface area contributed by atoms with Crippen LogP contribution in [0.2, 0.25) is 0 Å². The van der Waals surface area contributed by atoms with Gasteiger partial charge < -0.3 is 25.4 Å². The van der Waals surface area contributed by atoms with E-state index in [9.17, 15) is 19.8 Å². The Balaban J connectivity index is 1.66. The molecule has 1 aromatic carbocycles. The number of fused-ring (bicyclic) bond motifs is 2. The summed E-state index contributed by atoms with van der Waals surface area (Å²) in [4.78, 5) is 28.3. The molecule has 0 spiro atoms. The van der Waals surface area contributed by atoms with Crippen molar-refractivity contribution in [2.45, 2.75) is 31.5 Å². The van der Waals surface area contributed by atoms with E-state index in [2.05, 4.69) is 15.6 Å². The minimum absolute atomic E-state index is 0.109. The smallest absolute Gasteiger partial charge is 0.326 e. The molecule has 2 bridgehead atoms. The lowest BCUT2D eigenvalue weighted by Gasteiger charge is -2.22. The third-order valence-electron chi connectivity index (χ3n) is 4.17. The van der Waals surface area contributed by atoms with Gasteiger partial charge in [0.2, 0.25) is 5.91 Å². The number of aliphatic carboxylic acids is 1. The summed E-state index contributed by atoms with van der Waals surface area (Å²) in [7, 11) is 0. The SMILES string of the molecule is O=C(O)[C@H](Cc1ccc(O)cc1)NC(=O)[C@@H]1Cc2cn(cn2)CCN1. The summed E-state index contributed by atoms with van der Waals surface area (Å²) in [5.41, 5.74) is 1.51. The lowest BCUT2D eigenvalue weighted by molar-refractivity contribution is -0.142. The third kappa shape index (κ3) is 4.36. The molecule has 1 amide bonds. The molecule has 0 fully saturated rings. The number of amides is 1. The monoisotopic (exact) mass is 344 g/mol. The van der Waals surface area contributed by atoms with Gasteiger partial charge in [0, 0.05) is 32.1 Å². The number of carbonyl (C=O) groups is 2. The van der Waals surface area contributed by atoms with Crippen LogP contribution < -0.4 is 10.6 Å². The van der Waals surface area contributed by atoms with Crippen molar-refractivity contribution in [3.8, 4) is 5.75 Å². The Kier molecular flexibility index (Phi) is 4.99. The zero-order valence-electron chi connectivity index (χ0n) is 13.6. The van der Waals surface area contributed by atoms with Crippen LogP contribution in [0.25, 0.3) is 0 Å². The molecule has 4 N–H and O–H groups in total. The van der Waals surface area contributed by atoms with Gasteiger partial charge in [-0.3, -0.25) is 4.79 Å². The fourth-order valence-electron chi connectivity index (χ4n) is 2.81. The van der Waals surface area contributed by atoms with E-state index in [0.717, 1.165) is 11.3 Å². The number of carboxylic acids is 1. The second kappa shape index (κ2) is 7.35. The standard InChI is InChI=1S/C17H20N4O4/c22-13-3-1-11(2-4-13)7-15(17(24)25)20-16(23)14-8-12-9-21(10-19-12)6-5-18-14/h1-4,9-10,14-15,18,22H,5-8H2,(H,20,23)(H,24,25)/t14-,15-/m0/s1. The van der Waals surface area contributed by atoms with Crippen molar-refractivity contribution in [1.29, 1.82) is 0 Å². The predicted molar refractivity (Wildman–Crippen MR) is 89.1 cm³/mol. The molecule has 0 radical (unpaired) electrons. The molecule has 0 unspecified atom stereocenters. The number of phenols is 1. The maximum absolute atomic E-state index is 12.5. The second-order valence-corrected chi connectivity index (χ2v) is 6.08. The molecule has 0 saturated heterocycles. The van der Waals surface area contributed by atoms with Gasteiger partial charge in [-0.25, -0.2) is 9.78 Å². The highest BCUT2D eigenvalue weighted by atomic mass is 16.4. The quantitative estimate of drug-likeness (QED) is 0.603. The molecule has 8 nitrogen and oxygen atoms in total. The summed E-state index contributed by atoms with van der Waals surface area (Å²) < 4.78 is 1.95. The Morgan fingerprint density at radius 2 is 2.12 bits per heavy atom. The van der Waals surface area contributed by atoms with Crippen molar-refractivity contribution in [2.24, 2.45) is 0 Å². The van der Waals surface area contributed by atoms with Crippen LogP contribution in [0.5, 0.6) is 5.75 Å². The topological polar surface area (TPSA) is 116 Å². The Bertz CT molecular complexity index is 756. The first-order valence-corrected chi connectivity index (χ1v) is 8.06. The number of carbonyl (C=O) groups excluding carboxylic acids is 1. The van der Waals surface area contributed by atoms with Crippen LogP contribution >= 0.6 is 0 Å². The number of benzene rings is 1. The van der Waals surface area contributed by atoms with Crippen LogP contribution in [0.3, 0.4) is 0 Å². The largest absolute Gasteiger partial charge is 0.508 e. The van der Waals surface area contributed by atoms with Gasteiger partial charge in [-0.15, -0.1) is 0 Å². The normalized spacial score (nSPS) is 18.0. The van der Waals surface area contributed by atoms with Gasteiger partial charge in [-0.2, -0.15) is 0 Å². The minimum Gasteiger partial charge on any atom is -0.508 e. The number of nitrogens with one attached hydrogen (secondary N) is 2. The summed E-state index contributed by atoms with van der Waals surface area (Å²) >= 11 is 0. The lowest BCUT2D eigenvalue weighted by atomic mass is 10.0. The first-order valence-electron chi connectivity index (χ1n) is 8.06. The Hall–Kier alpha value is -2.87. The van der Waals surface area contributed by atoms with Gasteiger partial charge in [0.15, 0.2) is 0 Å². The molecule has 3 rings (SSSR count). The van der Waals surface area contributed by atoms with E-state index in [1.54, 1.807) is 18.5 Å². The first kappa shape index (κ1) is 17.0. The average Bonchev–Trinajstić information content (AvgIpc) is 3.03. The van der Waals surface area contributed by atoms with Crippen molar-refractivity contribution >= 4 is 11.9 Å². The highest BCUT2D eigenvalue weighted by Gasteiger charge is 2.26. The van der Waals surface area contributed by atoms with Crippen molar-refractivity contribution in [2.75, 3.05) is 6.54 Å². The number of aromatic hydroxyl groups is 1. The predicted octanol–water partition coefficient (Wildman–Crippen LogP) is -0.0849. The fraction of sp³-hybridized carbons (Fsp3) is 0.353. The summed E-state index contributed by atoms with van der Waals surface area (Å²) in [5, 5.41) is 24.5. The van der Waals surface area contributed by atoms with Crippen LogP contribution in [-0.2, 0) is 29.0 Å². The fourth-order valence-corrected chi connectivity index (χ4v) is 2.81. The Morgan fingerprint density at radius 1 is 1.36 bits per heavy atom. The van der Waals surface area contributed by atoms with E-state index < -0.39 is 18.1 Å². The number of carboxylic acid groups (broad SMARTS) is 1. The van der Waals surface area contributed by atoms with Crippen molar-refractivity contribution in [1.82, 2.24) is 20.2 Å². The molecule has 0 saturated carbocycles. The van der Waals surface area contributed by atoms with Crippen LogP contribution in [0.15, 0.2) is 36.8 Å². The van der Waals surface area contributed by atoms with Crippen LogP contribution in [0.1, 0.15) is 11.3 Å². The number of aromatic nitrogens is 2. The average molecular weight is 344 g/mol. The molecule has 1 aliphatic heterocycles. The first-order chi connectivity index (χ1) is 12.0. The highest BCUT2D eigenvalue weighted by molar-refractivity contribution is 5.87.